The summed E-state index contributed by atoms with van der Waals surface area (Å²) >= 11 is 15.9. The first-order chi connectivity index (χ1) is 17.4. The lowest BCUT2D eigenvalue weighted by Crippen LogP contribution is -2.42. The molecule has 0 spiro atoms. The second kappa shape index (κ2) is 10.8. The highest BCUT2D eigenvalue weighted by Crippen LogP contribution is 2.44. The molecule has 1 aliphatic rings. The average molecular weight is 629 g/mol. The van der Waals surface area contributed by atoms with Crippen LogP contribution in [-0.2, 0) is 36.1 Å². The first kappa shape index (κ1) is 27.6. The monoisotopic (exact) mass is 627 g/mol. The molecular formula is C25H24BrCl2N3O5S. The van der Waals surface area contributed by atoms with E-state index in [1.165, 1.54) is 22.6 Å². The van der Waals surface area contributed by atoms with Crippen LogP contribution >= 0.6 is 39.1 Å². The molecule has 1 amide bonds. The van der Waals surface area contributed by atoms with Crippen LogP contribution in [0.4, 0.5) is 11.6 Å². The Morgan fingerprint density at radius 2 is 1.76 bits per heavy atom. The van der Waals surface area contributed by atoms with E-state index >= 15 is 0 Å². The minimum absolute atomic E-state index is 0.0569. The maximum atomic E-state index is 14.0. The molecule has 1 atom stereocenters. The van der Waals surface area contributed by atoms with Gasteiger partial charge in [0.05, 0.1) is 24.2 Å². The second-order valence-electron chi connectivity index (χ2n) is 8.94. The van der Waals surface area contributed by atoms with E-state index < -0.39 is 21.3 Å². The number of imidazole rings is 1. The number of aromatic nitrogens is 2. The Morgan fingerprint density at radius 3 is 2.38 bits per heavy atom. The Hall–Kier alpha value is -2.40. The largest absolute Gasteiger partial charge is 0.466 e. The van der Waals surface area contributed by atoms with Crippen LogP contribution < -0.4 is 4.90 Å². The maximum absolute atomic E-state index is 14.0. The predicted molar refractivity (Wildman–Crippen MR) is 145 cm³/mol. The normalized spacial score (nSPS) is 17.2. The summed E-state index contributed by atoms with van der Waals surface area (Å²) in [5, 5.41) is 0.602. The number of esters is 1. The van der Waals surface area contributed by atoms with E-state index in [1.807, 2.05) is 24.3 Å². The summed E-state index contributed by atoms with van der Waals surface area (Å²) in [6.07, 6.45) is 2.17. The average Bonchev–Trinajstić information content (AvgIpc) is 3.33. The van der Waals surface area contributed by atoms with Crippen molar-refractivity contribution in [3.8, 4) is 0 Å². The Balaban J connectivity index is 1.76. The topological polar surface area (TPSA) is 98.6 Å². The zero-order valence-corrected chi connectivity index (χ0v) is 24.0. The minimum atomic E-state index is -3.84. The van der Waals surface area contributed by atoms with Gasteiger partial charge in [-0.2, -0.15) is 0 Å². The quantitative estimate of drug-likeness (QED) is 0.222. The van der Waals surface area contributed by atoms with Gasteiger partial charge in [-0.3, -0.25) is 14.2 Å². The molecule has 0 radical (unpaired) electrons. The van der Waals surface area contributed by atoms with Gasteiger partial charge in [0, 0.05) is 27.9 Å². The lowest BCUT2D eigenvalue weighted by molar-refractivity contribution is -0.141. The van der Waals surface area contributed by atoms with Crippen molar-refractivity contribution in [1.82, 2.24) is 9.55 Å². The van der Waals surface area contributed by atoms with Gasteiger partial charge in [-0.15, -0.1) is 0 Å². The third-order valence-corrected chi connectivity index (χ3v) is 8.78. The van der Waals surface area contributed by atoms with Crippen LogP contribution in [-0.4, -0.2) is 42.2 Å². The summed E-state index contributed by atoms with van der Waals surface area (Å²) in [6.45, 7) is 3.14. The van der Waals surface area contributed by atoms with Crippen molar-refractivity contribution < 1.29 is 22.7 Å². The number of carbonyl (C=O) groups excluding carboxylic acids is 2. The molecule has 1 aliphatic heterocycles. The number of rotatable bonds is 9. The molecule has 0 fully saturated rings. The highest BCUT2D eigenvalue weighted by atomic mass is 79.9. The molecule has 0 saturated heterocycles. The van der Waals surface area contributed by atoms with Crippen molar-refractivity contribution in [3.05, 3.63) is 68.7 Å². The van der Waals surface area contributed by atoms with Crippen molar-refractivity contribution in [2.45, 2.75) is 43.7 Å². The van der Waals surface area contributed by atoms with E-state index in [4.69, 9.17) is 27.9 Å². The van der Waals surface area contributed by atoms with E-state index in [0.29, 0.717) is 22.2 Å². The molecule has 4 rings (SSSR count). The van der Waals surface area contributed by atoms with E-state index in [2.05, 4.69) is 20.9 Å². The number of nitrogens with zero attached hydrogens (tertiary/aromatic N) is 3. The highest BCUT2D eigenvalue weighted by molar-refractivity contribution is 9.10. The molecule has 0 bridgehead atoms. The Morgan fingerprint density at radius 1 is 1.11 bits per heavy atom. The fraction of sp³-hybridized carbons (Fsp3) is 0.320. The number of hydrogen-bond donors (Lipinski definition) is 0. The van der Waals surface area contributed by atoms with Crippen LogP contribution in [0.2, 0.25) is 10.0 Å². The van der Waals surface area contributed by atoms with Crippen LogP contribution in [0.15, 0.2) is 58.2 Å². The van der Waals surface area contributed by atoms with Crippen molar-refractivity contribution in [1.29, 1.82) is 0 Å². The summed E-state index contributed by atoms with van der Waals surface area (Å²) in [5.41, 5.74) is -0.0668. The number of fused-ring (bicyclic) bond motifs is 1. The lowest BCUT2D eigenvalue weighted by Gasteiger charge is -2.26. The minimum Gasteiger partial charge on any atom is -0.466 e. The molecule has 0 aliphatic carbocycles. The van der Waals surface area contributed by atoms with E-state index in [9.17, 15) is 18.0 Å². The maximum Gasteiger partial charge on any atom is 0.302 e. The zero-order chi connectivity index (χ0) is 27.0. The van der Waals surface area contributed by atoms with Gasteiger partial charge in [0.1, 0.15) is 5.54 Å². The first-order valence-corrected chi connectivity index (χ1v) is 14.6. The molecule has 2 aromatic carbocycles. The predicted octanol–water partition coefficient (Wildman–Crippen LogP) is 5.71. The number of unbranched alkanes of at least 4 members (excludes halogenated alkanes) is 1. The van der Waals surface area contributed by atoms with Crippen molar-refractivity contribution in [2.75, 3.05) is 17.3 Å². The lowest BCUT2D eigenvalue weighted by atomic mass is 9.92. The van der Waals surface area contributed by atoms with Crippen LogP contribution in [0.25, 0.3) is 0 Å². The molecule has 2 heterocycles. The van der Waals surface area contributed by atoms with Gasteiger partial charge >= 0.3 is 5.97 Å². The van der Waals surface area contributed by atoms with Gasteiger partial charge in [-0.25, -0.2) is 18.3 Å². The number of anilines is 2. The molecule has 3 aromatic rings. The molecule has 0 N–H and O–H groups in total. The Kier molecular flexibility index (Phi) is 8.04. The number of halogens is 3. The van der Waals surface area contributed by atoms with Gasteiger partial charge in [-0.05, 0) is 55.7 Å². The summed E-state index contributed by atoms with van der Waals surface area (Å²) in [6, 6.07) is 12.2. The second-order valence-corrected chi connectivity index (χ2v) is 12.8. The smallest absolute Gasteiger partial charge is 0.302 e. The first-order valence-electron chi connectivity index (χ1n) is 11.4. The SMILES string of the molecule is CC(=O)OCCCCS(=O)(=O)c1cnc2n1[C@](C)(Cc1ccc(Br)cc1)C(=O)N2c1cc(Cl)cc(Cl)c1. The van der Waals surface area contributed by atoms with Gasteiger partial charge in [-0.1, -0.05) is 51.3 Å². The number of sulfone groups is 1. The van der Waals surface area contributed by atoms with E-state index in [-0.39, 0.29) is 42.1 Å². The molecule has 196 valence electrons. The zero-order valence-electron chi connectivity index (χ0n) is 20.1. The molecule has 1 aromatic heterocycles. The summed E-state index contributed by atoms with van der Waals surface area (Å²) < 4.78 is 34.2. The fourth-order valence-corrected chi connectivity index (χ4v) is 6.71. The van der Waals surface area contributed by atoms with Crippen molar-refractivity contribution in [2.24, 2.45) is 0 Å². The molecule has 8 nitrogen and oxygen atoms in total. The van der Waals surface area contributed by atoms with E-state index in [1.54, 1.807) is 25.1 Å². The van der Waals surface area contributed by atoms with Crippen LogP contribution in [0, 0.1) is 0 Å². The van der Waals surface area contributed by atoms with Crippen LogP contribution in [0.5, 0.6) is 0 Å². The summed E-state index contributed by atoms with van der Waals surface area (Å²) in [5.74, 6) is -0.796. The van der Waals surface area contributed by atoms with Crippen LogP contribution in [0.1, 0.15) is 32.3 Å². The summed E-state index contributed by atoms with van der Waals surface area (Å²) in [7, 11) is -3.84. The standard InChI is InChI=1S/C25H24BrCl2N3O5S/c1-16(32)36-9-3-4-10-37(34,35)22-15-29-24-30(21-12-19(27)11-20(28)13-21)23(33)25(2,31(22)24)14-17-5-7-18(26)8-6-17/h5-8,11-13,15H,3-4,9-10,14H2,1-2H3/t25-/m1/s1. The fourth-order valence-electron chi connectivity index (χ4n) is 4.37. The number of carbonyl (C=O) groups is 2. The number of ether oxygens (including phenoxy) is 1. The summed E-state index contributed by atoms with van der Waals surface area (Å²) in [4.78, 5) is 30.7. The number of benzene rings is 2. The molecule has 12 heteroatoms. The highest BCUT2D eigenvalue weighted by Gasteiger charge is 2.51. The Labute approximate surface area is 233 Å². The van der Waals surface area contributed by atoms with Gasteiger partial charge < -0.3 is 4.74 Å². The van der Waals surface area contributed by atoms with Gasteiger partial charge in [0.2, 0.25) is 5.95 Å². The van der Waals surface area contributed by atoms with Gasteiger partial charge in [0.15, 0.2) is 14.9 Å². The van der Waals surface area contributed by atoms with E-state index in [0.717, 1.165) is 10.0 Å². The van der Waals surface area contributed by atoms with Crippen molar-refractivity contribution in [3.63, 3.8) is 0 Å². The third-order valence-electron chi connectivity index (χ3n) is 6.07. The molecule has 0 saturated carbocycles. The molecule has 0 unspecified atom stereocenters. The Bertz CT molecular complexity index is 1440. The van der Waals surface area contributed by atoms with Gasteiger partial charge in [0.25, 0.3) is 5.91 Å². The molecular weight excluding hydrogens is 605 g/mol. The number of hydrogen-bond acceptors (Lipinski definition) is 6. The molecule has 37 heavy (non-hydrogen) atoms. The van der Waals surface area contributed by atoms with Crippen molar-refractivity contribution >= 4 is 72.5 Å². The third kappa shape index (κ3) is 5.72. The van der Waals surface area contributed by atoms with Crippen LogP contribution in [0.3, 0.4) is 0 Å². The number of amides is 1.